The van der Waals surface area contributed by atoms with Crippen LogP contribution in [0.15, 0.2) is 24.3 Å². The van der Waals surface area contributed by atoms with Gasteiger partial charge in [-0.05, 0) is 62.1 Å². The summed E-state index contributed by atoms with van der Waals surface area (Å²) in [5.41, 5.74) is 0.481. The Labute approximate surface area is 225 Å². The minimum Gasteiger partial charge on any atom is -0.496 e. The van der Waals surface area contributed by atoms with Crippen molar-refractivity contribution in [3.8, 4) is 11.8 Å². The monoisotopic (exact) mass is 543 g/mol. The summed E-state index contributed by atoms with van der Waals surface area (Å²) < 4.78 is 33.5. The molecule has 3 fully saturated rings. The van der Waals surface area contributed by atoms with Gasteiger partial charge in [0, 0.05) is 42.8 Å². The van der Waals surface area contributed by atoms with Gasteiger partial charge in [0.1, 0.15) is 17.7 Å². The van der Waals surface area contributed by atoms with Gasteiger partial charge in [-0.3, -0.25) is 14.9 Å². The first-order chi connectivity index (χ1) is 18.6. The average molecular weight is 544 g/mol. The number of carbonyl (C=O) groups excluding carboxylic acids is 2. The lowest BCUT2D eigenvalue weighted by Crippen LogP contribution is -2.52. The van der Waals surface area contributed by atoms with Gasteiger partial charge >= 0.3 is 0 Å². The molecular weight excluding hydrogens is 508 g/mol. The van der Waals surface area contributed by atoms with Crippen molar-refractivity contribution in [1.82, 2.24) is 20.5 Å². The van der Waals surface area contributed by atoms with E-state index in [0.717, 1.165) is 17.3 Å². The van der Waals surface area contributed by atoms with Gasteiger partial charge in [0.05, 0.1) is 25.3 Å². The molecule has 2 aliphatic heterocycles. The van der Waals surface area contributed by atoms with Crippen molar-refractivity contribution in [2.75, 3.05) is 20.2 Å². The molecule has 1 saturated carbocycles. The number of nitrogens with one attached hydrogen (secondary N) is 3. The van der Waals surface area contributed by atoms with E-state index >= 15 is 0 Å². The molecule has 2 amide bonds. The van der Waals surface area contributed by atoms with Crippen LogP contribution in [0, 0.1) is 22.7 Å². The highest BCUT2D eigenvalue weighted by atomic mass is 19.3. The number of rotatable bonds is 7. The lowest BCUT2D eigenvalue weighted by molar-refractivity contribution is -0.127. The number of ether oxygens (including phenoxy) is 1. The lowest BCUT2D eigenvalue weighted by atomic mass is 9.71. The molecule has 210 valence electrons. The summed E-state index contributed by atoms with van der Waals surface area (Å²) in [5, 5.41) is 27.6. The summed E-state index contributed by atoms with van der Waals surface area (Å²) >= 11 is 0. The predicted molar refractivity (Wildman–Crippen MR) is 139 cm³/mol. The molecule has 1 aromatic carbocycles. The van der Waals surface area contributed by atoms with E-state index < -0.39 is 29.6 Å². The molecule has 2 unspecified atom stereocenters. The molecule has 1 aromatic heterocycles. The van der Waals surface area contributed by atoms with E-state index in [-0.39, 0.29) is 56.4 Å². The first kappa shape index (κ1) is 27.3. The number of hydrogen-bond acceptors (Lipinski definition) is 6. The van der Waals surface area contributed by atoms with Crippen LogP contribution in [-0.4, -0.2) is 71.2 Å². The predicted octanol–water partition coefficient (Wildman–Crippen LogP) is 3.30. The lowest BCUT2D eigenvalue weighted by Gasteiger charge is -2.36. The quantitative estimate of drug-likeness (QED) is 0.397. The molecule has 0 bridgehead atoms. The number of aromatic nitrogens is 1. The molecule has 11 heteroatoms. The van der Waals surface area contributed by atoms with Crippen molar-refractivity contribution < 1.29 is 28.2 Å². The largest absolute Gasteiger partial charge is 0.496 e. The normalized spacial score (nSPS) is 25.7. The Morgan fingerprint density at radius 2 is 2.10 bits per heavy atom. The van der Waals surface area contributed by atoms with Gasteiger partial charge in [-0.2, -0.15) is 5.26 Å². The fourth-order valence-electron chi connectivity index (χ4n) is 6.51. The van der Waals surface area contributed by atoms with Gasteiger partial charge in [0.2, 0.25) is 11.8 Å². The highest BCUT2D eigenvalue weighted by molar-refractivity contribution is 6.00. The molecule has 9 nitrogen and oxygen atoms in total. The van der Waals surface area contributed by atoms with Crippen molar-refractivity contribution >= 4 is 22.7 Å². The van der Waals surface area contributed by atoms with Crippen LogP contribution in [0.2, 0.25) is 0 Å². The van der Waals surface area contributed by atoms with E-state index in [1.807, 2.05) is 12.1 Å². The zero-order valence-electron chi connectivity index (χ0n) is 22.0. The van der Waals surface area contributed by atoms with Crippen LogP contribution < -0.4 is 15.4 Å². The highest BCUT2D eigenvalue weighted by Crippen LogP contribution is 2.51. The maximum absolute atomic E-state index is 14.1. The molecule has 3 aliphatic rings. The van der Waals surface area contributed by atoms with E-state index in [2.05, 4.69) is 21.7 Å². The number of aromatic amines is 1. The topological polar surface area (TPSA) is 130 Å². The Kier molecular flexibility index (Phi) is 7.53. The van der Waals surface area contributed by atoms with Gasteiger partial charge in [0.25, 0.3) is 5.91 Å². The van der Waals surface area contributed by atoms with Gasteiger partial charge in [-0.1, -0.05) is 6.07 Å². The molecule has 2 aromatic rings. The van der Waals surface area contributed by atoms with Crippen molar-refractivity contribution in [3.63, 3.8) is 0 Å². The molecule has 39 heavy (non-hydrogen) atoms. The van der Waals surface area contributed by atoms with Crippen LogP contribution in [0.4, 0.5) is 8.78 Å². The Balaban J connectivity index is 1.38. The van der Waals surface area contributed by atoms with Gasteiger partial charge in [0.15, 0.2) is 0 Å². The standard InChI is InChI=1S/C28H35F2N5O4/c1-39-23-6-2-5-20-19(23)13-21(34-20)26(38)35-16-27(7-9-28(29,30)10-8-27)14-22(35)25(37)33-18(15-31)12-17-4-3-11-32-24(17)36/h2,5-6,13,17-18,22,25,33-34,37H,3-4,7-12,14,16H2,1H3,(H,32,36)/t17-,18-,22?,25?/m0/s1. The fourth-order valence-corrected chi connectivity index (χ4v) is 6.51. The second kappa shape index (κ2) is 10.7. The van der Waals surface area contributed by atoms with Gasteiger partial charge in [-0.25, -0.2) is 8.78 Å². The van der Waals surface area contributed by atoms with Crippen LogP contribution >= 0.6 is 0 Å². The number of likely N-dealkylation sites (tertiary alicyclic amines) is 1. The highest BCUT2D eigenvalue weighted by Gasteiger charge is 2.53. The van der Waals surface area contributed by atoms with Crippen LogP contribution in [-0.2, 0) is 4.79 Å². The first-order valence-electron chi connectivity index (χ1n) is 13.6. The molecular formula is C28H35F2N5O4. The fraction of sp³-hybridized carbons (Fsp3) is 0.607. The van der Waals surface area contributed by atoms with Crippen LogP contribution in [0.5, 0.6) is 5.75 Å². The van der Waals surface area contributed by atoms with Gasteiger partial charge in [-0.15, -0.1) is 0 Å². The molecule has 3 heterocycles. The van der Waals surface area contributed by atoms with E-state index in [1.54, 1.807) is 24.1 Å². The SMILES string of the molecule is COc1cccc2[nH]c(C(=O)N3CC4(CCC(F)(F)CC4)CC3C(O)N[C@H](C#N)C[C@@H]3CCCNC3=O)cc12. The first-order valence-corrected chi connectivity index (χ1v) is 13.6. The average Bonchev–Trinajstić information content (AvgIpc) is 3.53. The van der Waals surface area contributed by atoms with Crippen molar-refractivity contribution in [2.24, 2.45) is 11.3 Å². The number of benzene rings is 1. The summed E-state index contributed by atoms with van der Waals surface area (Å²) in [6, 6.07) is 7.74. The molecule has 5 rings (SSSR count). The van der Waals surface area contributed by atoms with E-state index in [1.165, 1.54) is 0 Å². The number of nitriles is 1. The Morgan fingerprint density at radius 1 is 1.33 bits per heavy atom. The Bertz CT molecular complexity index is 1260. The summed E-state index contributed by atoms with van der Waals surface area (Å²) in [4.78, 5) is 30.8. The zero-order chi connectivity index (χ0) is 27.8. The van der Waals surface area contributed by atoms with Crippen LogP contribution in [0.25, 0.3) is 10.9 Å². The molecule has 0 radical (unpaired) electrons. The maximum Gasteiger partial charge on any atom is 0.270 e. The number of H-pyrrole nitrogens is 1. The van der Waals surface area contributed by atoms with Gasteiger partial charge < -0.3 is 25.0 Å². The molecule has 1 spiro atoms. The third-order valence-corrected chi connectivity index (χ3v) is 8.74. The summed E-state index contributed by atoms with van der Waals surface area (Å²) in [7, 11) is 1.55. The number of methoxy groups -OCH3 is 1. The molecule has 4 atom stereocenters. The minimum absolute atomic E-state index is 0.105. The number of amides is 2. The number of carbonyl (C=O) groups is 2. The minimum atomic E-state index is -2.73. The van der Waals surface area contributed by atoms with Crippen molar-refractivity contribution in [1.29, 1.82) is 5.26 Å². The van der Waals surface area contributed by atoms with E-state index in [4.69, 9.17) is 4.74 Å². The number of hydrogen-bond donors (Lipinski definition) is 4. The zero-order valence-corrected chi connectivity index (χ0v) is 22.0. The summed E-state index contributed by atoms with van der Waals surface area (Å²) in [6.45, 7) is 0.850. The smallest absolute Gasteiger partial charge is 0.270 e. The number of fused-ring (bicyclic) bond motifs is 1. The third kappa shape index (κ3) is 5.58. The number of nitrogens with zero attached hydrogens (tertiary/aromatic N) is 2. The van der Waals surface area contributed by atoms with E-state index in [9.17, 15) is 28.7 Å². The second-order valence-electron chi connectivity index (χ2n) is 11.3. The van der Waals surface area contributed by atoms with Crippen molar-refractivity contribution in [3.05, 3.63) is 30.0 Å². The number of aliphatic hydroxyl groups is 1. The Morgan fingerprint density at radius 3 is 2.79 bits per heavy atom. The molecule has 2 saturated heterocycles. The number of piperidine rings is 1. The van der Waals surface area contributed by atoms with Crippen LogP contribution in [0.1, 0.15) is 61.9 Å². The van der Waals surface area contributed by atoms with E-state index in [0.29, 0.717) is 30.8 Å². The summed E-state index contributed by atoms with van der Waals surface area (Å²) in [5.74, 6) is -2.91. The van der Waals surface area contributed by atoms with Crippen molar-refractivity contribution in [2.45, 2.75) is 75.6 Å². The number of alkyl halides is 2. The number of halogens is 2. The molecule has 1 aliphatic carbocycles. The number of aliphatic hydroxyl groups excluding tert-OH is 1. The molecule has 4 N–H and O–H groups in total. The maximum atomic E-state index is 14.1. The second-order valence-corrected chi connectivity index (χ2v) is 11.3. The van der Waals surface area contributed by atoms with Crippen LogP contribution in [0.3, 0.4) is 0 Å². The third-order valence-electron chi connectivity index (χ3n) is 8.74. The summed E-state index contributed by atoms with van der Waals surface area (Å²) in [6.07, 6.45) is 0.773. The Hall–Kier alpha value is -3.23.